The molecule has 0 rings (SSSR count). The number of thiol groups is 1. The summed E-state index contributed by atoms with van der Waals surface area (Å²) in [6.07, 6.45) is 3.49. The first-order valence-electron chi connectivity index (χ1n) is 16.5. The number of aliphatic carboxylic acids is 1. The average molecular weight is 703 g/mol. The molecule has 0 saturated heterocycles. The molecule has 0 aliphatic rings. The lowest BCUT2D eigenvalue weighted by Gasteiger charge is -2.27. The molecule has 0 aromatic carbocycles. The fraction of sp³-hybridized carbons (Fsp3) is 0.774. The van der Waals surface area contributed by atoms with Crippen molar-refractivity contribution in [1.82, 2.24) is 31.9 Å². The Morgan fingerprint density at radius 2 is 1.15 bits per heavy atom. The molecule has 0 bridgehead atoms. The van der Waals surface area contributed by atoms with E-state index >= 15 is 0 Å². The smallest absolute Gasteiger partial charge is 0.327 e. The standard InChI is InChI=1S/C31H58N8O8S/c1-16(2)23(33)28(43)36-20(12-10-8-9-11-13-32)27(42)39-25(18(5)6)29(44)35-19(7)26(41)34-14-22(40)38-24(17(3)4)30(45)37-21(15-48)31(46)47/h16-21,23-25,48H,8-15,32-33H2,1-7H3,(H,34,41)(H,35,44)(H,36,43)(H,37,45)(H,38,40)(H,39,42)(H,46,47)/t19-,20-,21+,23-,24+,25?/m0/s1. The van der Waals surface area contributed by atoms with Crippen LogP contribution in [0.2, 0.25) is 0 Å². The molecule has 0 saturated carbocycles. The molecule has 6 atom stereocenters. The number of carbonyl (C=O) groups excluding carboxylic acids is 6. The fourth-order valence-corrected chi connectivity index (χ4v) is 4.62. The quantitative estimate of drug-likeness (QED) is 0.0447. The van der Waals surface area contributed by atoms with Crippen molar-refractivity contribution in [2.24, 2.45) is 29.2 Å². The first-order chi connectivity index (χ1) is 22.4. The molecule has 6 amide bonds. The van der Waals surface area contributed by atoms with Gasteiger partial charge in [-0.15, -0.1) is 0 Å². The summed E-state index contributed by atoms with van der Waals surface area (Å²) in [7, 11) is 0. The summed E-state index contributed by atoms with van der Waals surface area (Å²) in [4.78, 5) is 88.4. The van der Waals surface area contributed by atoms with Crippen LogP contribution >= 0.6 is 12.6 Å². The minimum atomic E-state index is -1.28. The Hall–Kier alpha value is -3.44. The third-order valence-corrected chi connectivity index (χ3v) is 7.95. The Kier molecular flexibility index (Phi) is 21.4. The van der Waals surface area contributed by atoms with Crippen molar-refractivity contribution in [3.05, 3.63) is 0 Å². The molecule has 48 heavy (non-hydrogen) atoms. The molecular formula is C31H58N8O8S. The van der Waals surface area contributed by atoms with E-state index in [4.69, 9.17) is 16.6 Å². The van der Waals surface area contributed by atoms with Crippen LogP contribution in [0.1, 0.15) is 80.6 Å². The molecule has 0 aromatic rings. The Morgan fingerprint density at radius 1 is 0.625 bits per heavy atom. The maximum atomic E-state index is 13.3. The lowest BCUT2D eigenvalue weighted by atomic mass is 10.00. The SMILES string of the molecule is CC(C)C(NC(=O)[C@H](CCCCCCN)NC(=O)[C@@H](N)C(C)C)C(=O)N[C@@H](C)C(=O)NCC(=O)N[C@@H](C(=O)N[C@H](CS)C(=O)O)C(C)C. The fourth-order valence-electron chi connectivity index (χ4n) is 4.37. The molecule has 17 heteroatoms. The zero-order valence-corrected chi connectivity index (χ0v) is 30.2. The number of unbranched alkanes of at least 4 members (excludes halogenated alkanes) is 3. The minimum Gasteiger partial charge on any atom is -0.480 e. The summed E-state index contributed by atoms with van der Waals surface area (Å²) in [5.41, 5.74) is 11.5. The van der Waals surface area contributed by atoms with Crippen molar-refractivity contribution in [1.29, 1.82) is 0 Å². The molecule has 16 nitrogen and oxygen atoms in total. The van der Waals surface area contributed by atoms with Crippen LogP contribution in [0.3, 0.4) is 0 Å². The van der Waals surface area contributed by atoms with Crippen molar-refractivity contribution < 1.29 is 38.7 Å². The van der Waals surface area contributed by atoms with E-state index in [1.807, 2.05) is 0 Å². The van der Waals surface area contributed by atoms with E-state index in [2.05, 4.69) is 44.5 Å². The van der Waals surface area contributed by atoms with E-state index in [1.54, 1.807) is 41.5 Å². The van der Waals surface area contributed by atoms with Crippen molar-refractivity contribution >= 4 is 54.0 Å². The van der Waals surface area contributed by atoms with Crippen molar-refractivity contribution in [3.63, 3.8) is 0 Å². The minimum absolute atomic E-state index is 0.152. The molecule has 0 spiro atoms. The number of hydrogen-bond donors (Lipinski definition) is 10. The number of carbonyl (C=O) groups is 7. The molecule has 1 unspecified atom stereocenters. The third kappa shape index (κ3) is 16.6. The molecular weight excluding hydrogens is 644 g/mol. The first-order valence-corrected chi connectivity index (χ1v) is 17.1. The highest BCUT2D eigenvalue weighted by molar-refractivity contribution is 7.80. The first kappa shape index (κ1) is 44.6. The van der Waals surface area contributed by atoms with E-state index in [0.717, 1.165) is 19.3 Å². The topological polar surface area (TPSA) is 264 Å². The van der Waals surface area contributed by atoms with Crippen LogP contribution in [0.25, 0.3) is 0 Å². The highest BCUT2D eigenvalue weighted by atomic mass is 32.1. The second-order valence-corrected chi connectivity index (χ2v) is 13.2. The van der Waals surface area contributed by atoms with Crippen molar-refractivity contribution in [2.45, 2.75) is 117 Å². The highest BCUT2D eigenvalue weighted by Crippen LogP contribution is 2.10. The monoisotopic (exact) mass is 702 g/mol. The summed E-state index contributed by atoms with van der Waals surface area (Å²) >= 11 is 3.91. The van der Waals surface area contributed by atoms with Crippen molar-refractivity contribution in [3.8, 4) is 0 Å². The Balaban J connectivity index is 5.37. The largest absolute Gasteiger partial charge is 0.480 e. The van der Waals surface area contributed by atoms with Crippen LogP contribution in [-0.4, -0.2) is 102 Å². The number of carboxylic acids is 1. The number of hydrogen-bond acceptors (Lipinski definition) is 10. The van der Waals surface area contributed by atoms with Gasteiger partial charge in [0.05, 0.1) is 12.6 Å². The third-order valence-electron chi connectivity index (χ3n) is 7.59. The molecule has 0 aliphatic carbocycles. The van der Waals surface area contributed by atoms with Gasteiger partial charge in [0.25, 0.3) is 0 Å². The number of rotatable bonds is 23. The summed E-state index contributed by atoms with van der Waals surface area (Å²) in [5.74, 6) is -6.20. The van der Waals surface area contributed by atoms with Crippen LogP contribution < -0.4 is 43.4 Å². The molecule has 0 radical (unpaired) electrons. The summed E-state index contributed by atoms with van der Waals surface area (Å²) < 4.78 is 0. The van der Waals surface area contributed by atoms with E-state index in [1.165, 1.54) is 6.92 Å². The van der Waals surface area contributed by atoms with Gasteiger partial charge in [-0.3, -0.25) is 28.8 Å². The second-order valence-electron chi connectivity index (χ2n) is 12.9. The van der Waals surface area contributed by atoms with Gasteiger partial charge >= 0.3 is 5.97 Å². The number of nitrogens with one attached hydrogen (secondary N) is 6. The lowest BCUT2D eigenvalue weighted by Crippen LogP contribution is -2.59. The summed E-state index contributed by atoms with van der Waals surface area (Å²) in [6, 6.07) is -6.24. The predicted molar refractivity (Wildman–Crippen MR) is 184 cm³/mol. The highest BCUT2D eigenvalue weighted by Gasteiger charge is 2.32. The molecule has 11 N–H and O–H groups in total. The van der Waals surface area contributed by atoms with Gasteiger partial charge in [-0.25, -0.2) is 4.79 Å². The molecule has 0 aliphatic heterocycles. The van der Waals surface area contributed by atoms with E-state index in [0.29, 0.717) is 19.4 Å². The van der Waals surface area contributed by atoms with E-state index in [9.17, 15) is 33.6 Å². The van der Waals surface area contributed by atoms with Crippen LogP contribution in [-0.2, 0) is 33.6 Å². The normalized spacial score (nSPS) is 15.0. The Morgan fingerprint density at radius 3 is 1.65 bits per heavy atom. The summed E-state index contributed by atoms with van der Waals surface area (Å²) in [5, 5.41) is 24.3. The van der Waals surface area contributed by atoms with Gasteiger partial charge in [0.2, 0.25) is 35.4 Å². The molecule has 0 fully saturated rings. The zero-order chi connectivity index (χ0) is 37.1. The van der Waals surface area contributed by atoms with Crippen LogP contribution in [0.5, 0.6) is 0 Å². The van der Waals surface area contributed by atoms with Crippen molar-refractivity contribution in [2.75, 3.05) is 18.8 Å². The molecule has 0 aromatic heterocycles. The van der Waals surface area contributed by atoms with E-state index < -0.39 is 96.0 Å². The maximum Gasteiger partial charge on any atom is 0.327 e. The average Bonchev–Trinajstić information content (AvgIpc) is 3.01. The van der Waals surface area contributed by atoms with Gasteiger partial charge in [0.15, 0.2) is 0 Å². The van der Waals surface area contributed by atoms with Gasteiger partial charge < -0.3 is 48.5 Å². The maximum absolute atomic E-state index is 13.3. The van der Waals surface area contributed by atoms with Gasteiger partial charge in [-0.05, 0) is 44.1 Å². The molecule has 0 heterocycles. The van der Waals surface area contributed by atoms with Gasteiger partial charge in [0.1, 0.15) is 30.2 Å². The van der Waals surface area contributed by atoms with Crippen LogP contribution in [0.15, 0.2) is 0 Å². The Bertz CT molecular complexity index is 1090. The van der Waals surface area contributed by atoms with Gasteiger partial charge in [0, 0.05) is 5.75 Å². The van der Waals surface area contributed by atoms with Gasteiger partial charge in [-0.2, -0.15) is 12.6 Å². The summed E-state index contributed by atoms with van der Waals surface area (Å²) in [6.45, 7) is 11.7. The number of amides is 6. The lowest BCUT2D eigenvalue weighted by molar-refractivity contribution is -0.141. The molecule has 276 valence electrons. The second kappa shape index (κ2) is 23.0. The van der Waals surface area contributed by atoms with Crippen LogP contribution in [0.4, 0.5) is 0 Å². The Labute approximate surface area is 289 Å². The zero-order valence-electron chi connectivity index (χ0n) is 29.3. The van der Waals surface area contributed by atoms with E-state index in [-0.39, 0.29) is 11.7 Å². The predicted octanol–water partition coefficient (Wildman–Crippen LogP) is -1.23. The number of nitrogens with two attached hydrogens (primary N) is 2. The van der Waals surface area contributed by atoms with Crippen LogP contribution in [0, 0.1) is 17.8 Å². The number of carboxylic acid groups (broad SMARTS) is 1. The van der Waals surface area contributed by atoms with Gasteiger partial charge in [-0.1, -0.05) is 60.8 Å².